The van der Waals surface area contributed by atoms with Gasteiger partial charge in [-0.3, -0.25) is 4.57 Å². The first-order valence-corrected chi connectivity index (χ1v) is 19.3. The second-order valence-electron chi connectivity index (χ2n) is 16.8. The number of aryl methyl sites for hydroxylation is 1. The van der Waals surface area contributed by atoms with E-state index in [-0.39, 0.29) is 16.4 Å². The lowest BCUT2D eigenvalue weighted by Gasteiger charge is -2.30. The molecule has 278 valence electrons. The van der Waals surface area contributed by atoms with E-state index >= 15 is 0 Å². The van der Waals surface area contributed by atoms with Crippen LogP contribution in [-0.4, -0.2) is 16.2 Å². The highest BCUT2D eigenvalue weighted by Crippen LogP contribution is 2.50. The van der Waals surface area contributed by atoms with Gasteiger partial charge in [0.2, 0.25) is 0 Å². The summed E-state index contributed by atoms with van der Waals surface area (Å²) in [6, 6.07) is 50.2. The molecule has 0 radical (unpaired) electrons. The maximum atomic E-state index is 8.06. The monoisotopic (exact) mass is 735 g/mol. The number of fused-ring (bicyclic) bond motifs is 4. The van der Waals surface area contributed by atoms with Gasteiger partial charge in [0, 0.05) is 44.5 Å². The van der Waals surface area contributed by atoms with E-state index < -0.39 is 6.85 Å². The Hall–Kier alpha value is -6.33. The molecule has 0 saturated carbocycles. The van der Waals surface area contributed by atoms with Crippen LogP contribution in [-0.2, 0) is 10.8 Å². The van der Waals surface area contributed by atoms with Crippen molar-refractivity contribution >= 4 is 44.6 Å². The van der Waals surface area contributed by atoms with Gasteiger partial charge in [-0.25, -0.2) is 4.98 Å². The van der Waals surface area contributed by atoms with Crippen molar-refractivity contribution in [3.05, 3.63) is 168 Å². The molecule has 2 aromatic heterocycles. The van der Waals surface area contributed by atoms with Crippen molar-refractivity contribution < 1.29 is 8.85 Å². The number of hydrogen-bond donors (Lipinski definition) is 0. The number of nitrogens with zero attached hydrogens (tertiary/aromatic N) is 4. The molecular weight excluding hydrogens is 685 g/mol. The molecule has 0 bridgehead atoms. The predicted octanol–water partition coefficient (Wildman–Crippen LogP) is 13.8. The van der Waals surface area contributed by atoms with Gasteiger partial charge >= 0.3 is 0 Å². The Morgan fingerprint density at radius 1 is 0.589 bits per heavy atom. The van der Waals surface area contributed by atoms with Gasteiger partial charge in [-0.05, 0) is 101 Å². The summed E-state index contributed by atoms with van der Waals surface area (Å²) < 4.78 is 33.1. The van der Waals surface area contributed by atoms with Gasteiger partial charge in [-0.15, -0.1) is 0 Å². The largest absolute Gasteiger partial charge is 0.457 e. The van der Waals surface area contributed by atoms with Crippen LogP contribution in [0, 0.1) is 6.85 Å². The molecule has 0 spiro atoms. The third-order valence-corrected chi connectivity index (χ3v) is 10.9. The number of aromatic nitrogens is 2. The molecule has 9 rings (SSSR count). The van der Waals surface area contributed by atoms with E-state index in [1.807, 2.05) is 34.9 Å². The minimum absolute atomic E-state index is 0.0664. The summed E-state index contributed by atoms with van der Waals surface area (Å²) in [4.78, 5) is 9.49. The summed E-state index contributed by atoms with van der Waals surface area (Å²) in [6.45, 7) is 11.9. The zero-order valence-electron chi connectivity index (χ0n) is 35.8. The van der Waals surface area contributed by atoms with Crippen molar-refractivity contribution in [2.24, 2.45) is 0 Å². The predicted molar refractivity (Wildman–Crippen MR) is 235 cm³/mol. The van der Waals surface area contributed by atoms with Gasteiger partial charge in [-0.2, -0.15) is 0 Å². The van der Waals surface area contributed by atoms with E-state index in [1.165, 1.54) is 22.4 Å². The Bertz CT molecular complexity index is 2870. The molecule has 1 aliphatic heterocycles. The average Bonchev–Trinajstić information content (AvgIpc) is 3.76. The van der Waals surface area contributed by atoms with Crippen molar-refractivity contribution in [3.8, 4) is 28.4 Å². The molecule has 0 aliphatic carbocycles. The summed E-state index contributed by atoms with van der Waals surface area (Å²) >= 11 is 0. The van der Waals surface area contributed by atoms with Gasteiger partial charge in [0.15, 0.2) is 0 Å². The van der Waals surface area contributed by atoms with Crippen LogP contribution >= 0.6 is 0 Å². The molecule has 5 heteroatoms. The number of ether oxygens (including phenoxy) is 1. The third-order valence-electron chi connectivity index (χ3n) is 10.9. The lowest BCUT2D eigenvalue weighted by Crippen LogP contribution is -2.25. The van der Waals surface area contributed by atoms with Gasteiger partial charge in [0.25, 0.3) is 0 Å². The van der Waals surface area contributed by atoms with Crippen molar-refractivity contribution in [2.75, 3.05) is 16.5 Å². The standard InChI is InChI=1S/C51H48N4O/c1-34-26-27-52-48(28-34)55-43-20-12-11-18-40(43)41-25-24-38(32-47(41)55)56-39-30-36(50(2,3)4)29-37(31-39)53-33-54(45-22-14-13-21-44(45)53)46-23-15-19-42(51(5,6)7)49(46)35-16-9-8-10-17-35/h8-32H,33H2,1-7H3/i1D3. The van der Waals surface area contributed by atoms with Crippen LogP contribution in [0.1, 0.15) is 62.3 Å². The van der Waals surface area contributed by atoms with Crippen molar-refractivity contribution in [1.29, 1.82) is 0 Å². The molecule has 8 aromatic rings. The molecule has 3 heterocycles. The van der Waals surface area contributed by atoms with Crippen LogP contribution in [0.2, 0.25) is 0 Å². The van der Waals surface area contributed by atoms with E-state index in [2.05, 4.69) is 159 Å². The number of benzene rings is 6. The minimum Gasteiger partial charge on any atom is -0.457 e. The molecular formula is C51H48N4O. The smallest absolute Gasteiger partial charge is 0.137 e. The Morgan fingerprint density at radius 2 is 1.30 bits per heavy atom. The molecule has 0 atom stereocenters. The highest BCUT2D eigenvalue weighted by molar-refractivity contribution is 6.09. The summed E-state index contributed by atoms with van der Waals surface area (Å²) in [5, 5.41) is 2.07. The Kier molecular flexibility index (Phi) is 7.68. The van der Waals surface area contributed by atoms with Crippen molar-refractivity contribution in [1.82, 2.24) is 9.55 Å². The van der Waals surface area contributed by atoms with E-state index in [0.29, 0.717) is 18.2 Å². The second-order valence-corrected chi connectivity index (χ2v) is 16.8. The molecule has 0 fully saturated rings. The summed E-state index contributed by atoms with van der Waals surface area (Å²) in [5.41, 5.74) is 11.2. The van der Waals surface area contributed by atoms with Crippen LogP contribution in [0.15, 0.2) is 152 Å². The number of para-hydroxylation sites is 3. The Balaban J connectivity index is 1.15. The second kappa shape index (κ2) is 13.5. The summed E-state index contributed by atoms with van der Waals surface area (Å²) in [5.74, 6) is 1.94. The van der Waals surface area contributed by atoms with Crippen LogP contribution < -0.4 is 14.5 Å². The van der Waals surface area contributed by atoms with Crippen LogP contribution in [0.3, 0.4) is 0 Å². The van der Waals surface area contributed by atoms with E-state index in [0.717, 1.165) is 50.2 Å². The van der Waals surface area contributed by atoms with Crippen LogP contribution in [0.4, 0.5) is 22.7 Å². The number of anilines is 4. The molecule has 0 unspecified atom stereocenters. The Labute approximate surface area is 334 Å². The zero-order chi connectivity index (χ0) is 41.3. The first kappa shape index (κ1) is 32.0. The van der Waals surface area contributed by atoms with Crippen LogP contribution in [0.25, 0.3) is 38.8 Å². The SMILES string of the molecule is [2H]C([2H])([2H])c1ccnc(-n2c3ccccc3c3ccc(Oc4cc(N5CN(c6cccc(C(C)(C)C)c6-c6ccccc6)c6ccccc65)cc(C(C)(C)C)c4)cc32)c1. The highest BCUT2D eigenvalue weighted by atomic mass is 16.5. The lowest BCUT2D eigenvalue weighted by molar-refractivity contribution is 0.479. The molecule has 6 aromatic carbocycles. The van der Waals surface area contributed by atoms with Crippen molar-refractivity contribution in [2.45, 2.75) is 59.2 Å². The topological polar surface area (TPSA) is 33.5 Å². The van der Waals surface area contributed by atoms with Gasteiger partial charge < -0.3 is 14.5 Å². The van der Waals surface area contributed by atoms with Gasteiger partial charge in [-0.1, -0.05) is 114 Å². The van der Waals surface area contributed by atoms with Crippen LogP contribution in [0.5, 0.6) is 11.5 Å². The minimum atomic E-state index is -2.26. The molecule has 0 N–H and O–H groups in total. The molecule has 5 nitrogen and oxygen atoms in total. The normalized spacial score (nSPS) is 14.1. The maximum absolute atomic E-state index is 8.06. The van der Waals surface area contributed by atoms with E-state index in [1.54, 1.807) is 18.3 Å². The fraction of sp³-hybridized carbons (Fsp3) is 0.196. The first-order chi connectivity index (χ1) is 28.1. The Morgan fingerprint density at radius 3 is 2.07 bits per heavy atom. The number of pyridine rings is 1. The maximum Gasteiger partial charge on any atom is 0.137 e. The quantitative estimate of drug-likeness (QED) is 0.170. The van der Waals surface area contributed by atoms with E-state index in [9.17, 15) is 0 Å². The summed E-state index contributed by atoms with van der Waals surface area (Å²) in [6.07, 6.45) is 1.57. The third kappa shape index (κ3) is 6.27. The molecule has 1 aliphatic rings. The van der Waals surface area contributed by atoms with Crippen molar-refractivity contribution in [3.63, 3.8) is 0 Å². The number of rotatable bonds is 6. The fourth-order valence-electron chi connectivity index (χ4n) is 8.11. The number of hydrogen-bond acceptors (Lipinski definition) is 4. The van der Waals surface area contributed by atoms with Gasteiger partial charge in [0.05, 0.1) is 28.1 Å². The molecule has 0 saturated heterocycles. The lowest BCUT2D eigenvalue weighted by atomic mass is 9.81. The van der Waals surface area contributed by atoms with E-state index in [4.69, 9.17) is 8.85 Å². The highest BCUT2D eigenvalue weighted by Gasteiger charge is 2.32. The average molecular weight is 736 g/mol. The molecule has 56 heavy (non-hydrogen) atoms. The van der Waals surface area contributed by atoms with Gasteiger partial charge in [0.1, 0.15) is 24.0 Å². The fourth-order valence-corrected chi connectivity index (χ4v) is 8.11. The first-order valence-electron chi connectivity index (χ1n) is 20.8. The summed E-state index contributed by atoms with van der Waals surface area (Å²) in [7, 11) is 0. The molecule has 0 amide bonds. The zero-order valence-corrected chi connectivity index (χ0v) is 32.8.